The highest BCUT2D eigenvalue weighted by Gasteiger charge is 2.21. The molecule has 104 valence electrons. The zero-order valence-electron chi connectivity index (χ0n) is 10.1. The van der Waals surface area contributed by atoms with Crippen LogP contribution in [0.4, 0.5) is 0 Å². The number of nitrogens with zero attached hydrogens (tertiary/aromatic N) is 1. The minimum atomic E-state index is -1.95. The van der Waals surface area contributed by atoms with Crippen LogP contribution in [0.15, 0.2) is 28.6 Å². The summed E-state index contributed by atoms with van der Waals surface area (Å²) < 4.78 is 4.11. The van der Waals surface area contributed by atoms with Gasteiger partial charge in [0.2, 0.25) is 5.12 Å². The minimum Gasteiger partial charge on any atom is -0.285 e. The summed E-state index contributed by atoms with van der Waals surface area (Å²) in [4.78, 5) is 23.3. The Morgan fingerprint density at radius 1 is 1.21 bits per heavy atom. The van der Waals surface area contributed by atoms with Gasteiger partial charge in [-0.1, -0.05) is 52.5 Å². The van der Waals surface area contributed by atoms with Gasteiger partial charge in [-0.15, -0.1) is 0 Å². The van der Waals surface area contributed by atoms with Gasteiger partial charge in [0.15, 0.2) is 0 Å². The normalized spacial score (nSPS) is 13.1. The molecule has 0 aliphatic carbocycles. The lowest BCUT2D eigenvalue weighted by Gasteiger charge is -2.10. The Labute approximate surface area is 128 Å². The number of hydrogen-bond donors (Lipinski definition) is 1. The maximum Gasteiger partial charge on any atom is 0.292 e. The van der Waals surface area contributed by atoms with E-state index in [1.165, 1.54) is 6.92 Å². The molecule has 0 fully saturated rings. The molecule has 0 heterocycles. The number of nitrogens with one attached hydrogen (secondary N) is 1. The van der Waals surface area contributed by atoms with Crippen LogP contribution >= 0.6 is 34.8 Å². The first-order valence-electron chi connectivity index (χ1n) is 5.11. The summed E-state index contributed by atoms with van der Waals surface area (Å²) in [5, 5.41) is -0.396. The fourth-order valence-corrected chi connectivity index (χ4v) is 2.55. The number of hydrogen-bond acceptors (Lipinski definition) is 3. The first kappa shape index (κ1) is 16.4. The van der Waals surface area contributed by atoms with Crippen molar-refractivity contribution >= 4 is 56.7 Å². The minimum absolute atomic E-state index is 0.396. The third-order valence-corrected chi connectivity index (χ3v) is 3.90. The molecular weight excluding hydrogens is 331 g/mol. The van der Waals surface area contributed by atoms with Gasteiger partial charge < -0.3 is 0 Å². The molecule has 1 rings (SSSR count). The molecule has 0 aromatic heterocycles. The quantitative estimate of drug-likeness (QED) is 0.629. The predicted molar refractivity (Wildman–Crippen MR) is 79.4 cm³/mol. The highest BCUT2D eigenvalue weighted by Crippen LogP contribution is 2.28. The molecule has 0 radical (unpaired) electrons. The zero-order chi connectivity index (χ0) is 14.6. The predicted octanol–water partition coefficient (Wildman–Crippen LogP) is 3.32. The third-order valence-electron chi connectivity index (χ3n) is 1.97. The van der Waals surface area contributed by atoms with E-state index in [-0.39, 0.29) is 0 Å². The molecule has 0 aliphatic heterocycles. The van der Waals surface area contributed by atoms with Gasteiger partial charge >= 0.3 is 0 Å². The molecule has 1 aromatic rings. The summed E-state index contributed by atoms with van der Waals surface area (Å²) in [7, 11) is -1.49. The number of alkyl halides is 3. The molecule has 0 aliphatic rings. The van der Waals surface area contributed by atoms with Crippen LogP contribution in [-0.2, 0) is 15.7 Å². The summed E-state index contributed by atoms with van der Waals surface area (Å²) >= 11 is 16.5. The standard InChI is InChI=1S/C11H11Cl3N2O2S/c1-7-3-5-9(6-4-7)10(18)15-19(8(2)17)16-11(12,13)14/h3-6H,1-2H3,(H,15,16,18). The molecule has 1 amide bonds. The molecule has 1 atom stereocenters. The van der Waals surface area contributed by atoms with Gasteiger partial charge in [-0.25, -0.2) is 0 Å². The second-order valence-corrected chi connectivity index (χ2v) is 7.38. The second kappa shape index (κ2) is 6.70. The van der Waals surface area contributed by atoms with Crippen LogP contribution in [-0.4, -0.2) is 14.9 Å². The Balaban J connectivity index is 2.92. The number of benzene rings is 1. The van der Waals surface area contributed by atoms with E-state index in [0.29, 0.717) is 5.56 Å². The molecule has 0 bridgehead atoms. The fraction of sp³-hybridized carbons (Fsp3) is 0.273. The van der Waals surface area contributed by atoms with E-state index in [0.717, 1.165) is 5.56 Å². The van der Waals surface area contributed by atoms with Crippen LogP contribution in [0.5, 0.6) is 0 Å². The second-order valence-electron chi connectivity index (χ2n) is 3.63. The number of carbonyl (C=O) groups excluding carboxylic acids is 2. The number of rotatable bonds is 1. The van der Waals surface area contributed by atoms with Crippen LogP contribution in [0.3, 0.4) is 0 Å². The van der Waals surface area contributed by atoms with Crippen LogP contribution in [0.25, 0.3) is 0 Å². The van der Waals surface area contributed by atoms with Gasteiger partial charge in [-0.3, -0.25) is 14.3 Å². The van der Waals surface area contributed by atoms with E-state index >= 15 is 0 Å². The van der Waals surface area contributed by atoms with Crippen molar-refractivity contribution in [1.82, 2.24) is 4.72 Å². The first-order valence-corrected chi connectivity index (χ1v) is 7.43. The molecule has 0 spiro atoms. The number of carbonyl (C=O) groups is 2. The SMILES string of the molecule is CC(=O)/S(=N/C(Cl)(Cl)Cl)NC(=O)c1ccc(C)cc1. The summed E-state index contributed by atoms with van der Waals surface area (Å²) in [6, 6.07) is 6.85. The molecule has 8 heteroatoms. The lowest BCUT2D eigenvalue weighted by molar-refractivity contribution is -0.109. The Kier molecular flexibility index (Phi) is 5.80. The van der Waals surface area contributed by atoms with Gasteiger partial charge in [0.25, 0.3) is 9.82 Å². The Morgan fingerprint density at radius 2 is 1.74 bits per heavy atom. The smallest absolute Gasteiger partial charge is 0.285 e. The summed E-state index contributed by atoms with van der Waals surface area (Å²) in [6.07, 6.45) is 0. The van der Waals surface area contributed by atoms with Crippen molar-refractivity contribution in [1.29, 1.82) is 0 Å². The summed E-state index contributed by atoms with van der Waals surface area (Å²) in [6.45, 7) is 3.17. The van der Waals surface area contributed by atoms with Gasteiger partial charge in [-0.05, 0) is 19.1 Å². The molecular formula is C11H11Cl3N2O2S. The van der Waals surface area contributed by atoms with Gasteiger partial charge in [0.1, 0.15) is 0 Å². The van der Waals surface area contributed by atoms with Crippen LogP contribution in [0.2, 0.25) is 0 Å². The van der Waals surface area contributed by atoms with Gasteiger partial charge in [0, 0.05) is 12.5 Å². The van der Waals surface area contributed by atoms with Crippen molar-refractivity contribution in [3.8, 4) is 0 Å². The lowest BCUT2D eigenvalue weighted by atomic mass is 10.1. The van der Waals surface area contributed by atoms with E-state index in [1.807, 2.05) is 6.92 Å². The average Bonchev–Trinajstić information content (AvgIpc) is 2.27. The highest BCUT2D eigenvalue weighted by atomic mass is 35.6. The average molecular weight is 342 g/mol. The van der Waals surface area contributed by atoms with E-state index < -0.39 is 25.8 Å². The van der Waals surface area contributed by atoms with Crippen molar-refractivity contribution < 1.29 is 9.59 Å². The summed E-state index contributed by atoms with van der Waals surface area (Å²) in [5.41, 5.74) is 1.43. The number of halogens is 3. The largest absolute Gasteiger partial charge is 0.292 e. The van der Waals surface area contributed by atoms with Crippen molar-refractivity contribution in [3.63, 3.8) is 0 Å². The zero-order valence-corrected chi connectivity index (χ0v) is 13.2. The highest BCUT2D eigenvalue weighted by molar-refractivity contribution is 8.01. The summed E-state index contributed by atoms with van der Waals surface area (Å²) in [5.74, 6) is -0.448. The van der Waals surface area contributed by atoms with Crippen LogP contribution < -0.4 is 4.72 Å². The topological polar surface area (TPSA) is 58.5 Å². The Hall–Kier alpha value is -0.620. The van der Waals surface area contributed by atoms with Crippen LogP contribution in [0.1, 0.15) is 22.8 Å². The van der Waals surface area contributed by atoms with Crippen molar-refractivity contribution in [2.45, 2.75) is 17.8 Å². The van der Waals surface area contributed by atoms with E-state index in [4.69, 9.17) is 34.8 Å². The maximum absolute atomic E-state index is 11.9. The number of aryl methyl sites for hydroxylation is 1. The van der Waals surface area contributed by atoms with Crippen molar-refractivity contribution in [2.75, 3.05) is 0 Å². The molecule has 1 unspecified atom stereocenters. The van der Waals surface area contributed by atoms with Crippen molar-refractivity contribution in [3.05, 3.63) is 35.4 Å². The monoisotopic (exact) mass is 340 g/mol. The first-order chi connectivity index (χ1) is 8.69. The van der Waals surface area contributed by atoms with Gasteiger partial charge in [-0.2, -0.15) is 4.36 Å². The fourth-order valence-electron chi connectivity index (χ4n) is 1.11. The molecule has 0 saturated heterocycles. The van der Waals surface area contributed by atoms with Crippen molar-refractivity contribution in [2.24, 2.45) is 4.36 Å². The lowest BCUT2D eigenvalue weighted by Crippen LogP contribution is -2.30. The van der Waals surface area contributed by atoms with Gasteiger partial charge in [0.05, 0.1) is 10.9 Å². The Morgan fingerprint density at radius 3 is 2.16 bits per heavy atom. The van der Waals surface area contributed by atoms with E-state index in [9.17, 15) is 9.59 Å². The Bertz CT molecular complexity index is 524. The molecule has 4 nitrogen and oxygen atoms in total. The molecule has 19 heavy (non-hydrogen) atoms. The molecule has 1 N–H and O–H groups in total. The van der Waals surface area contributed by atoms with Crippen LogP contribution in [0, 0.1) is 6.92 Å². The number of amides is 1. The maximum atomic E-state index is 11.9. The molecule has 1 aromatic carbocycles. The van der Waals surface area contributed by atoms with E-state index in [2.05, 4.69) is 9.08 Å². The third kappa shape index (κ3) is 5.91. The van der Waals surface area contributed by atoms with E-state index in [1.54, 1.807) is 24.3 Å². The molecule has 0 saturated carbocycles.